The van der Waals surface area contributed by atoms with E-state index in [4.69, 9.17) is 9.84 Å². The molecule has 0 heterocycles. The lowest BCUT2D eigenvalue weighted by Gasteiger charge is -2.22. The first-order valence-electron chi connectivity index (χ1n) is 10.3. The second-order valence-electron chi connectivity index (χ2n) is 7.59. The normalized spacial score (nSPS) is 11.8. The van der Waals surface area contributed by atoms with E-state index in [-0.39, 0.29) is 6.61 Å². The highest BCUT2D eigenvalue weighted by Crippen LogP contribution is 2.27. The van der Waals surface area contributed by atoms with Crippen LogP contribution in [0.1, 0.15) is 44.2 Å². The molecule has 8 heteroatoms. The Balaban J connectivity index is 2.03. The SMILES string of the molecule is CCCN(CCSc1ccc(OCC(=O)O)c(C)c1)S(=O)(=O)c1ccc(C(C)C)cc1. The van der Waals surface area contributed by atoms with Crippen molar-refractivity contribution in [1.82, 2.24) is 4.31 Å². The van der Waals surface area contributed by atoms with Crippen LogP contribution >= 0.6 is 11.8 Å². The first-order chi connectivity index (χ1) is 14.6. The molecule has 0 aliphatic carbocycles. The lowest BCUT2D eigenvalue weighted by atomic mass is 10.0. The van der Waals surface area contributed by atoms with Crippen molar-refractivity contribution >= 4 is 27.8 Å². The van der Waals surface area contributed by atoms with Gasteiger partial charge in [0.25, 0.3) is 0 Å². The third-order valence-electron chi connectivity index (χ3n) is 4.76. The Hall–Kier alpha value is -2.03. The van der Waals surface area contributed by atoms with E-state index in [0.717, 1.165) is 22.4 Å². The van der Waals surface area contributed by atoms with E-state index in [1.54, 1.807) is 34.3 Å². The summed E-state index contributed by atoms with van der Waals surface area (Å²) < 4.78 is 33.0. The van der Waals surface area contributed by atoms with Gasteiger partial charge >= 0.3 is 5.97 Å². The lowest BCUT2D eigenvalue weighted by Crippen LogP contribution is -2.33. The fourth-order valence-corrected chi connectivity index (χ4v) is 5.67. The molecule has 0 aliphatic rings. The molecule has 2 aromatic carbocycles. The molecule has 31 heavy (non-hydrogen) atoms. The van der Waals surface area contributed by atoms with Crippen molar-refractivity contribution in [2.75, 3.05) is 25.4 Å². The number of nitrogens with zero attached hydrogens (tertiary/aromatic N) is 1. The summed E-state index contributed by atoms with van der Waals surface area (Å²) in [6.07, 6.45) is 0.739. The summed E-state index contributed by atoms with van der Waals surface area (Å²) in [4.78, 5) is 12.0. The molecule has 0 spiro atoms. The minimum Gasteiger partial charge on any atom is -0.482 e. The van der Waals surface area contributed by atoms with Gasteiger partial charge in [0.2, 0.25) is 10.0 Å². The molecule has 0 atom stereocenters. The summed E-state index contributed by atoms with van der Waals surface area (Å²) >= 11 is 1.56. The Morgan fingerprint density at radius 1 is 1.13 bits per heavy atom. The van der Waals surface area contributed by atoms with Crippen molar-refractivity contribution in [3.05, 3.63) is 53.6 Å². The predicted molar refractivity (Wildman–Crippen MR) is 125 cm³/mol. The molecule has 170 valence electrons. The number of carboxylic acids is 1. The fraction of sp³-hybridized carbons (Fsp3) is 0.435. The smallest absolute Gasteiger partial charge is 0.341 e. The Morgan fingerprint density at radius 3 is 2.35 bits per heavy atom. The van der Waals surface area contributed by atoms with Gasteiger partial charge in [-0.05, 0) is 60.7 Å². The standard InChI is InChI=1S/C23H31NO5S2/c1-5-12-24(31(27,28)21-9-6-19(7-10-21)17(2)3)13-14-30-20-8-11-22(18(4)15-20)29-16-23(25)26/h6-11,15,17H,5,12-14,16H2,1-4H3,(H,25,26). The zero-order valence-corrected chi connectivity index (χ0v) is 20.1. The van der Waals surface area contributed by atoms with Gasteiger partial charge in [-0.15, -0.1) is 11.8 Å². The first kappa shape index (κ1) is 25.2. The lowest BCUT2D eigenvalue weighted by molar-refractivity contribution is -0.139. The molecular weight excluding hydrogens is 434 g/mol. The van der Waals surface area contributed by atoms with E-state index in [1.807, 2.05) is 38.1 Å². The van der Waals surface area contributed by atoms with Gasteiger partial charge < -0.3 is 9.84 Å². The summed E-state index contributed by atoms with van der Waals surface area (Å²) in [7, 11) is -3.55. The second kappa shape index (κ2) is 11.5. The molecule has 0 saturated heterocycles. The molecular formula is C23H31NO5S2. The first-order valence-corrected chi connectivity index (χ1v) is 12.8. The summed E-state index contributed by atoms with van der Waals surface area (Å²) in [5, 5.41) is 8.74. The minimum absolute atomic E-state index is 0.325. The van der Waals surface area contributed by atoms with Crippen LogP contribution in [0.25, 0.3) is 0 Å². The number of aryl methyl sites for hydroxylation is 1. The van der Waals surface area contributed by atoms with Gasteiger partial charge in [0.05, 0.1) is 4.90 Å². The predicted octanol–water partition coefficient (Wildman–Crippen LogP) is 4.77. The Morgan fingerprint density at radius 2 is 1.81 bits per heavy atom. The number of carboxylic acid groups (broad SMARTS) is 1. The number of rotatable bonds is 12. The molecule has 1 N–H and O–H groups in total. The highest BCUT2D eigenvalue weighted by Gasteiger charge is 2.23. The number of sulfonamides is 1. The van der Waals surface area contributed by atoms with Gasteiger partial charge in [-0.1, -0.05) is 32.9 Å². The second-order valence-corrected chi connectivity index (χ2v) is 10.7. The van der Waals surface area contributed by atoms with Crippen molar-refractivity contribution < 1.29 is 23.1 Å². The number of ether oxygens (including phenoxy) is 1. The Labute approximate surface area is 189 Å². The monoisotopic (exact) mass is 465 g/mol. The van der Waals surface area contributed by atoms with Crippen molar-refractivity contribution in [3.8, 4) is 5.75 Å². The van der Waals surface area contributed by atoms with Gasteiger partial charge in [-0.25, -0.2) is 13.2 Å². The molecule has 0 fully saturated rings. The zero-order valence-electron chi connectivity index (χ0n) is 18.5. The van der Waals surface area contributed by atoms with Crippen molar-refractivity contribution in [2.45, 2.75) is 49.8 Å². The average molecular weight is 466 g/mol. The van der Waals surface area contributed by atoms with Crippen molar-refractivity contribution in [3.63, 3.8) is 0 Å². The number of hydrogen-bond acceptors (Lipinski definition) is 5. The Kier molecular flexibility index (Phi) is 9.40. The zero-order chi connectivity index (χ0) is 23.0. The maximum atomic E-state index is 13.1. The van der Waals surface area contributed by atoms with Crippen molar-refractivity contribution in [2.24, 2.45) is 0 Å². The van der Waals surface area contributed by atoms with Crippen LogP contribution in [-0.4, -0.2) is 49.2 Å². The average Bonchev–Trinajstić information content (AvgIpc) is 2.72. The number of benzene rings is 2. The molecule has 6 nitrogen and oxygen atoms in total. The highest BCUT2D eigenvalue weighted by molar-refractivity contribution is 7.99. The number of hydrogen-bond donors (Lipinski definition) is 1. The van der Waals surface area contributed by atoms with Crippen LogP contribution < -0.4 is 4.74 Å². The van der Waals surface area contributed by atoms with Crippen LogP contribution in [0.15, 0.2) is 52.3 Å². The molecule has 0 unspecified atom stereocenters. The molecule has 0 aliphatic heterocycles. The van der Waals surface area contributed by atoms with Gasteiger partial charge in [0, 0.05) is 23.7 Å². The number of carbonyl (C=O) groups is 1. The van der Waals surface area contributed by atoms with Crippen LogP contribution in [-0.2, 0) is 14.8 Å². The van der Waals surface area contributed by atoms with Crippen LogP contribution in [0, 0.1) is 6.92 Å². The van der Waals surface area contributed by atoms with E-state index < -0.39 is 16.0 Å². The molecule has 2 rings (SSSR count). The summed E-state index contributed by atoms with van der Waals surface area (Å²) in [5.41, 5.74) is 1.96. The van der Waals surface area contributed by atoms with Gasteiger partial charge in [-0.3, -0.25) is 0 Å². The van der Waals surface area contributed by atoms with Gasteiger partial charge in [0.15, 0.2) is 6.61 Å². The maximum absolute atomic E-state index is 13.1. The third-order valence-corrected chi connectivity index (χ3v) is 7.65. The van der Waals surface area contributed by atoms with E-state index in [1.165, 1.54) is 0 Å². The van der Waals surface area contributed by atoms with Crippen LogP contribution in [0.3, 0.4) is 0 Å². The van der Waals surface area contributed by atoms with Gasteiger partial charge in [-0.2, -0.15) is 4.31 Å². The van der Waals surface area contributed by atoms with E-state index in [9.17, 15) is 13.2 Å². The molecule has 0 bridgehead atoms. The van der Waals surface area contributed by atoms with E-state index in [0.29, 0.717) is 35.4 Å². The number of aliphatic carboxylic acids is 1. The molecule has 0 saturated carbocycles. The van der Waals surface area contributed by atoms with Crippen LogP contribution in [0.5, 0.6) is 5.75 Å². The van der Waals surface area contributed by atoms with Crippen molar-refractivity contribution in [1.29, 1.82) is 0 Å². The summed E-state index contributed by atoms with van der Waals surface area (Å²) in [6.45, 7) is 8.48. The quantitative estimate of drug-likeness (QED) is 0.455. The fourth-order valence-electron chi connectivity index (χ4n) is 3.05. The topological polar surface area (TPSA) is 83.9 Å². The van der Waals surface area contributed by atoms with E-state index in [2.05, 4.69) is 13.8 Å². The van der Waals surface area contributed by atoms with Crippen LogP contribution in [0.4, 0.5) is 0 Å². The van der Waals surface area contributed by atoms with E-state index >= 15 is 0 Å². The van der Waals surface area contributed by atoms with Crippen LogP contribution in [0.2, 0.25) is 0 Å². The third kappa shape index (κ3) is 7.26. The summed E-state index contributed by atoms with van der Waals surface area (Å²) in [5.74, 6) is 0.475. The minimum atomic E-state index is -3.55. The largest absolute Gasteiger partial charge is 0.482 e. The highest BCUT2D eigenvalue weighted by atomic mass is 32.2. The van der Waals surface area contributed by atoms with Gasteiger partial charge in [0.1, 0.15) is 5.75 Å². The Bertz CT molecular complexity index is 972. The molecule has 0 amide bonds. The summed E-state index contributed by atoms with van der Waals surface area (Å²) in [6, 6.07) is 12.7. The molecule has 0 aromatic heterocycles. The molecule has 2 aromatic rings. The molecule has 0 radical (unpaired) electrons. The maximum Gasteiger partial charge on any atom is 0.341 e. The number of thioether (sulfide) groups is 1.